The third-order valence-electron chi connectivity index (χ3n) is 4.54. The molecule has 0 radical (unpaired) electrons. The van der Waals surface area contributed by atoms with Crippen LogP contribution in [-0.4, -0.2) is 64.0 Å². The van der Waals surface area contributed by atoms with Crippen LogP contribution in [0.5, 0.6) is 6.01 Å². The van der Waals surface area contributed by atoms with Gasteiger partial charge < -0.3 is 24.3 Å². The normalized spacial score (nSPS) is 15.8. The maximum absolute atomic E-state index is 12.9. The van der Waals surface area contributed by atoms with Gasteiger partial charge in [-0.15, -0.1) is 0 Å². The van der Waals surface area contributed by atoms with Crippen molar-refractivity contribution < 1.29 is 14.3 Å². The summed E-state index contributed by atoms with van der Waals surface area (Å²) in [7, 11) is 1.57. The number of esters is 1. The van der Waals surface area contributed by atoms with E-state index in [1.165, 1.54) is 4.57 Å². The first-order chi connectivity index (χ1) is 13.0. The maximum atomic E-state index is 12.9. The lowest BCUT2D eigenvalue weighted by atomic mass is 10.4. The number of nitrogens with zero attached hydrogens (tertiary/aromatic N) is 5. The first kappa shape index (κ1) is 19.2. The van der Waals surface area contributed by atoms with Crippen molar-refractivity contribution in [2.24, 2.45) is 7.05 Å². The first-order valence-corrected chi connectivity index (χ1v) is 9.24. The van der Waals surface area contributed by atoms with E-state index in [0.717, 1.165) is 32.1 Å². The molecule has 1 N–H and O–H groups in total. The second-order valence-corrected chi connectivity index (χ2v) is 6.34. The second kappa shape index (κ2) is 7.95. The zero-order chi connectivity index (χ0) is 19.6. The average molecular weight is 378 g/mol. The highest BCUT2D eigenvalue weighted by Crippen LogP contribution is 2.21. The molecule has 2 aromatic heterocycles. The zero-order valence-electron chi connectivity index (χ0n) is 16.2. The Labute approximate surface area is 157 Å². The van der Waals surface area contributed by atoms with Crippen molar-refractivity contribution in [3.05, 3.63) is 10.4 Å². The van der Waals surface area contributed by atoms with Crippen molar-refractivity contribution in [2.75, 3.05) is 37.7 Å². The van der Waals surface area contributed by atoms with Gasteiger partial charge in [0.25, 0.3) is 5.56 Å². The molecule has 0 aliphatic carbocycles. The van der Waals surface area contributed by atoms with E-state index in [4.69, 9.17) is 9.47 Å². The zero-order valence-corrected chi connectivity index (χ0v) is 16.2. The fourth-order valence-corrected chi connectivity index (χ4v) is 3.11. The van der Waals surface area contributed by atoms with Gasteiger partial charge in [0, 0.05) is 39.8 Å². The van der Waals surface area contributed by atoms with Crippen molar-refractivity contribution in [1.82, 2.24) is 24.4 Å². The highest BCUT2D eigenvalue weighted by molar-refractivity contribution is 5.76. The van der Waals surface area contributed by atoms with Crippen molar-refractivity contribution in [3.8, 4) is 6.01 Å². The summed E-state index contributed by atoms with van der Waals surface area (Å²) in [4.78, 5) is 35.9. The molecule has 10 heteroatoms. The van der Waals surface area contributed by atoms with E-state index in [2.05, 4.69) is 20.2 Å². The number of fused-ring (bicyclic) bond motifs is 1. The van der Waals surface area contributed by atoms with E-state index < -0.39 is 12.1 Å². The molecule has 0 amide bonds. The summed E-state index contributed by atoms with van der Waals surface area (Å²) in [6.45, 7) is 9.47. The predicted octanol–water partition coefficient (Wildman–Crippen LogP) is -0.110. The number of carbonyl (C=O) groups is 1. The minimum atomic E-state index is -0.874. The monoisotopic (exact) mass is 378 g/mol. The van der Waals surface area contributed by atoms with Gasteiger partial charge in [0.2, 0.25) is 5.95 Å². The van der Waals surface area contributed by atoms with E-state index in [-0.39, 0.29) is 18.2 Å². The Bertz CT molecular complexity index is 884. The smallest absolute Gasteiger partial charge is 0.347 e. The van der Waals surface area contributed by atoms with Crippen LogP contribution in [0.2, 0.25) is 0 Å². The SMILES string of the molecule is CCOC(=O)C(C)Oc1nc2nc(N3CCNCC3)n(CC)c2c(=O)n1C. The van der Waals surface area contributed by atoms with Crippen LogP contribution in [0, 0.1) is 0 Å². The molecule has 0 saturated carbocycles. The van der Waals surface area contributed by atoms with Crippen LogP contribution in [0.3, 0.4) is 0 Å². The standard InChI is InChI=1S/C17H26N6O4/c1-5-23-12-13(19-16(23)22-9-7-18-8-10-22)20-17(21(4)14(12)24)27-11(3)15(25)26-6-2/h11,18H,5-10H2,1-4H3. The molecular formula is C17H26N6O4. The summed E-state index contributed by atoms with van der Waals surface area (Å²) in [5, 5.41) is 3.30. The molecule has 1 fully saturated rings. The molecule has 1 aliphatic rings. The van der Waals surface area contributed by atoms with Crippen LogP contribution in [0.4, 0.5) is 5.95 Å². The quantitative estimate of drug-likeness (QED) is 0.695. The van der Waals surface area contributed by atoms with Gasteiger partial charge in [-0.25, -0.2) is 4.79 Å². The van der Waals surface area contributed by atoms with Gasteiger partial charge >= 0.3 is 12.0 Å². The van der Waals surface area contributed by atoms with Gasteiger partial charge in [-0.3, -0.25) is 9.36 Å². The molecule has 27 heavy (non-hydrogen) atoms. The molecule has 1 aliphatic heterocycles. The third-order valence-corrected chi connectivity index (χ3v) is 4.54. The summed E-state index contributed by atoms with van der Waals surface area (Å²) < 4.78 is 13.7. The molecule has 10 nitrogen and oxygen atoms in total. The molecule has 148 valence electrons. The lowest BCUT2D eigenvalue weighted by Crippen LogP contribution is -2.44. The number of aromatic nitrogens is 4. The molecule has 1 unspecified atom stereocenters. The number of aryl methyl sites for hydroxylation is 1. The first-order valence-electron chi connectivity index (χ1n) is 9.24. The van der Waals surface area contributed by atoms with Crippen LogP contribution in [-0.2, 0) is 23.1 Å². The Kier molecular flexibility index (Phi) is 5.64. The highest BCUT2D eigenvalue weighted by Gasteiger charge is 2.24. The number of nitrogens with one attached hydrogen (secondary N) is 1. The summed E-state index contributed by atoms with van der Waals surface area (Å²) in [5.74, 6) is 0.224. The van der Waals surface area contributed by atoms with Crippen LogP contribution >= 0.6 is 0 Å². The van der Waals surface area contributed by atoms with Gasteiger partial charge in [0.05, 0.1) is 6.61 Å². The number of rotatable bonds is 6. The maximum Gasteiger partial charge on any atom is 0.347 e. The molecule has 3 heterocycles. The molecule has 3 rings (SSSR count). The van der Waals surface area contributed by atoms with Gasteiger partial charge in [-0.1, -0.05) is 0 Å². The van der Waals surface area contributed by atoms with Gasteiger partial charge in [-0.05, 0) is 20.8 Å². The fourth-order valence-electron chi connectivity index (χ4n) is 3.11. The molecule has 0 aromatic carbocycles. The summed E-state index contributed by atoms with van der Waals surface area (Å²) in [5.41, 5.74) is 0.492. The Morgan fingerprint density at radius 3 is 2.59 bits per heavy atom. The van der Waals surface area contributed by atoms with E-state index in [1.54, 1.807) is 20.9 Å². The van der Waals surface area contributed by atoms with Crippen molar-refractivity contribution in [2.45, 2.75) is 33.4 Å². The van der Waals surface area contributed by atoms with Gasteiger partial charge in [0.15, 0.2) is 17.3 Å². The Morgan fingerprint density at radius 1 is 1.26 bits per heavy atom. The van der Waals surface area contributed by atoms with E-state index in [9.17, 15) is 9.59 Å². The topological polar surface area (TPSA) is 104 Å². The Morgan fingerprint density at radius 2 is 1.96 bits per heavy atom. The summed E-state index contributed by atoms with van der Waals surface area (Å²) in [6.07, 6.45) is -0.874. The van der Waals surface area contributed by atoms with Crippen molar-refractivity contribution in [3.63, 3.8) is 0 Å². The van der Waals surface area contributed by atoms with Gasteiger partial charge in [0.1, 0.15) is 0 Å². The van der Waals surface area contributed by atoms with E-state index in [0.29, 0.717) is 17.7 Å². The molecule has 2 aromatic rings. The predicted molar refractivity (Wildman–Crippen MR) is 100 cm³/mol. The average Bonchev–Trinajstić information content (AvgIpc) is 3.05. The number of anilines is 1. The molecule has 1 atom stereocenters. The van der Waals surface area contributed by atoms with Crippen LogP contribution in [0.1, 0.15) is 20.8 Å². The Balaban J connectivity index is 2.02. The summed E-state index contributed by atoms with van der Waals surface area (Å²) in [6, 6.07) is 0.0423. The lowest BCUT2D eigenvalue weighted by Gasteiger charge is -2.28. The number of hydrogen-bond acceptors (Lipinski definition) is 8. The number of piperazine rings is 1. The lowest BCUT2D eigenvalue weighted by molar-refractivity contribution is -0.150. The fraction of sp³-hybridized carbons (Fsp3) is 0.647. The van der Waals surface area contributed by atoms with Crippen molar-refractivity contribution >= 4 is 23.1 Å². The van der Waals surface area contributed by atoms with Crippen LogP contribution in [0.15, 0.2) is 4.79 Å². The molecule has 0 bridgehead atoms. The second-order valence-electron chi connectivity index (χ2n) is 6.34. The summed E-state index contributed by atoms with van der Waals surface area (Å²) >= 11 is 0. The van der Waals surface area contributed by atoms with Crippen molar-refractivity contribution in [1.29, 1.82) is 0 Å². The van der Waals surface area contributed by atoms with E-state index >= 15 is 0 Å². The van der Waals surface area contributed by atoms with Crippen LogP contribution < -0.4 is 20.5 Å². The number of ether oxygens (including phenoxy) is 2. The Hall–Kier alpha value is -2.62. The number of imidazole rings is 1. The van der Waals surface area contributed by atoms with Gasteiger partial charge in [-0.2, -0.15) is 9.97 Å². The largest absolute Gasteiger partial charge is 0.463 e. The van der Waals surface area contributed by atoms with Crippen LogP contribution in [0.25, 0.3) is 11.2 Å². The third kappa shape index (κ3) is 3.61. The highest BCUT2D eigenvalue weighted by atomic mass is 16.6. The minimum absolute atomic E-state index is 0.0423. The molecular weight excluding hydrogens is 352 g/mol. The molecule has 0 spiro atoms. The van der Waals surface area contributed by atoms with E-state index in [1.807, 2.05) is 11.5 Å². The number of carbonyl (C=O) groups excluding carboxylic acids is 1. The molecule has 1 saturated heterocycles. The number of hydrogen-bond donors (Lipinski definition) is 1. The minimum Gasteiger partial charge on any atom is -0.463 e.